The second kappa shape index (κ2) is 8.02. The van der Waals surface area contributed by atoms with E-state index < -0.39 is 0 Å². The standard InChI is InChI=1S/C20H24N4O4/c1-26-16-4-3-5-17(27-2)18(16)19(25)24-7-6-14-12-21-20(22-15(14)13-24)23-8-10-28-11-9-23/h3-5,12H,6-11,13H2,1-2H3. The van der Waals surface area contributed by atoms with E-state index in [2.05, 4.69) is 9.88 Å². The number of methoxy groups -OCH3 is 2. The van der Waals surface area contributed by atoms with Gasteiger partial charge in [0.25, 0.3) is 5.91 Å². The van der Waals surface area contributed by atoms with Crippen LogP contribution in [0.2, 0.25) is 0 Å². The van der Waals surface area contributed by atoms with E-state index in [-0.39, 0.29) is 5.91 Å². The summed E-state index contributed by atoms with van der Waals surface area (Å²) in [6.45, 7) is 3.96. The second-order valence-corrected chi connectivity index (χ2v) is 6.76. The molecule has 148 valence electrons. The summed E-state index contributed by atoms with van der Waals surface area (Å²) < 4.78 is 16.2. The fourth-order valence-corrected chi connectivity index (χ4v) is 3.60. The van der Waals surface area contributed by atoms with Crippen LogP contribution in [0, 0.1) is 0 Å². The van der Waals surface area contributed by atoms with E-state index in [0.29, 0.717) is 49.3 Å². The Hall–Kier alpha value is -2.87. The number of benzene rings is 1. The highest BCUT2D eigenvalue weighted by atomic mass is 16.5. The molecule has 0 saturated carbocycles. The predicted molar refractivity (Wildman–Crippen MR) is 103 cm³/mol. The summed E-state index contributed by atoms with van der Waals surface area (Å²) in [5, 5.41) is 0. The third kappa shape index (κ3) is 3.47. The van der Waals surface area contributed by atoms with E-state index in [9.17, 15) is 4.79 Å². The fourth-order valence-electron chi connectivity index (χ4n) is 3.60. The smallest absolute Gasteiger partial charge is 0.261 e. The third-order valence-electron chi connectivity index (χ3n) is 5.16. The highest BCUT2D eigenvalue weighted by molar-refractivity contribution is 5.99. The number of hydrogen-bond donors (Lipinski definition) is 0. The van der Waals surface area contributed by atoms with E-state index >= 15 is 0 Å². The summed E-state index contributed by atoms with van der Waals surface area (Å²) in [6.07, 6.45) is 2.61. The number of carbonyl (C=O) groups excluding carboxylic acids is 1. The SMILES string of the molecule is COc1cccc(OC)c1C(=O)N1CCc2cnc(N3CCOCC3)nc2C1. The van der Waals surface area contributed by atoms with Crippen molar-refractivity contribution >= 4 is 11.9 Å². The number of ether oxygens (including phenoxy) is 3. The Kier molecular flexibility index (Phi) is 5.29. The molecule has 1 fully saturated rings. The first-order valence-electron chi connectivity index (χ1n) is 9.39. The first-order chi connectivity index (χ1) is 13.7. The summed E-state index contributed by atoms with van der Waals surface area (Å²) in [7, 11) is 3.11. The van der Waals surface area contributed by atoms with Gasteiger partial charge in [-0.3, -0.25) is 4.79 Å². The summed E-state index contributed by atoms with van der Waals surface area (Å²) >= 11 is 0. The highest BCUT2D eigenvalue weighted by Crippen LogP contribution is 2.31. The van der Waals surface area contributed by atoms with Crippen molar-refractivity contribution in [3.8, 4) is 11.5 Å². The summed E-state index contributed by atoms with van der Waals surface area (Å²) in [6, 6.07) is 5.35. The van der Waals surface area contributed by atoms with Gasteiger partial charge in [0.15, 0.2) is 0 Å². The Morgan fingerprint density at radius 1 is 1.11 bits per heavy atom. The van der Waals surface area contributed by atoms with Gasteiger partial charge in [0.05, 0.1) is 39.7 Å². The molecule has 0 unspecified atom stereocenters. The lowest BCUT2D eigenvalue weighted by Gasteiger charge is -2.31. The Labute approximate surface area is 164 Å². The zero-order valence-corrected chi connectivity index (χ0v) is 16.2. The van der Waals surface area contributed by atoms with Gasteiger partial charge >= 0.3 is 0 Å². The molecule has 8 nitrogen and oxygen atoms in total. The van der Waals surface area contributed by atoms with Crippen LogP contribution in [-0.4, -0.2) is 67.8 Å². The van der Waals surface area contributed by atoms with E-state index in [1.54, 1.807) is 31.3 Å². The summed E-state index contributed by atoms with van der Waals surface area (Å²) in [4.78, 5) is 26.4. The minimum Gasteiger partial charge on any atom is -0.496 e. The van der Waals surface area contributed by atoms with Crippen LogP contribution >= 0.6 is 0 Å². The van der Waals surface area contributed by atoms with Crippen molar-refractivity contribution in [2.75, 3.05) is 52.0 Å². The predicted octanol–water partition coefficient (Wildman–Crippen LogP) is 1.53. The molecule has 0 aliphatic carbocycles. The maximum absolute atomic E-state index is 13.3. The van der Waals surface area contributed by atoms with Crippen molar-refractivity contribution in [2.24, 2.45) is 0 Å². The number of carbonyl (C=O) groups is 1. The van der Waals surface area contributed by atoms with Gasteiger partial charge in [-0.15, -0.1) is 0 Å². The van der Waals surface area contributed by atoms with Crippen molar-refractivity contribution in [3.05, 3.63) is 41.2 Å². The quantitative estimate of drug-likeness (QED) is 0.791. The Balaban J connectivity index is 1.59. The normalized spacial score (nSPS) is 16.5. The number of anilines is 1. The maximum Gasteiger partial charge on any atom is 0.261 e. The zero-order chi connectivity index (χ0) is 19.5. The summed E-state index contributed by atoms with van der Waals surface area (Å²) in [5.41, 5.74) is 2.43. The van der Waals surface area contributed by atoms with Crippen LogP contribution in [-0.2, 0) is 17.7 Å². The number of hydrogen-bond acceptors (Lipinski definition) is 7. The van der Waals surface area contributed by atoms with Crippen LogP contribution in [0.1, 0.15) is 21.6 Å². The molecule has 4 rings (SSSR count). The van der Waals surface area contributed by atoms with Crippen LogP contribution in [0.3, 0.4) is 0 Å². The lowest BCUT2D eigenvalue weighted by molar-refractivity contribution is 0.0724. The largest absolute Gasteiger partial charge is 0.496 e. The number of aromatic nitrogens is 2. The van der Waals surface area contributed by atoms with Gasteiger partial charge < -0.3 is 24.0 Å². The van der Waals surface area contributed by atoms with Crippen molar-refractivity contribution in [1.29, 1.82) is 0 Å². The Morgan fingerprint density at radius 2 is 1.82 bits per heavy atom. The molecule has 1 aromatic heterocycles. The van der Waals surface area contributed by atoms with Gasteiger partial charge in [-0.05, 0) is 24.1 Å². The van der Waals surface area contributed by atoms with E-state index in [1.807, 2.05) is 12.3 Å². The molecule has 3 heterocycles. The number of morpholine rings is 1. The van der Waals surface area contributed by atoms with Gasteiger partial charge in [0, 0.05) is 25.8 Å². The first kappa shape index (κ1) is 18.5. The average molecular weight is 384 g/mol. The molecule has 0 spiro atoms. The Bertz CT molecular complexity index is 845. The molecular formula is C20H24N4O4. The van der Waals surface area contributed by atoms with E-state index in [1.165, 1.54) is 0 Å². The Morgan fingerprint density at radius 3 is 2.50 bits per heavy atom. The van der Waals surface area contributed by atoms with Crippen LogP contribution in [0.5, 0.6) is 11.5 Å². The highest BCUT2D eigenvalue weighted by Gasteiger charge is 2.28. The monoisotopic (exact) mass is 384 g/mol. The summed E-state index contributed by atoms with van der Waals surface area (Å²) in [5.74, 6) is 1.59. The number of amides is 1. The molecule has 1 amide bonds. The fraction of sp³-hybridized carbons (Fsp3) is 0.450. The molecule has 2 aliphatic heterocycles. The molecule has 1 saturated heterocycles. The molecular weight excluding hydrogens is 360 g/mol. The van der Waals surface area contributed by atoms with Crippen molar-refractivity contribution < 1.29 is 19.0 Å². The van der Waals surface area contributed by atoms with E-state index in [4.69, 9.17) is 19.2 Å². The van der Waals surface area contributed by atoms with Crippen molar-refractivity contribution in [1.82, 2.24) is 14.9 Å². The molecule has 8 heteroatoms. The van der Waals surface area contributed by atoms with Crippen LogP contribution in [0.15, 0.2) is 24.4 Å². The zero-order valence-electron chi connectivity index (χ0n) is 16.2. The maximum atomic E-state index is 13.3. The molecule has 2 aromatic rings. The van der Waals surface area contributed by atoms with Gasteiger partial charge in [0.2, 0.25) is 5.95 Å². The number of fused-ring (bicyclic) bond motifs is 1. The molecule has 1 aromatic carbocycles. The molecule has 2 aliphatic rings. The van der Waals surface area contributed by atoms with Gasteiger partial charge in [0.1, 0.15) is 17.1 Å². The van der Waals surface area contributed by atoms with Crippen LogP contribution < -0.4 is 14.4 Å². The minimum absolute atomic E-state index is 0.119. The number of nitrogens with zero attached hydrogens (tertiary/aromatic N) is 4. The lowest BCUT2D eigenvalue weighted by Crippen LogP contribution is -2.39. The van der Waals surface area contributed by atoms with Crippen LogP contribution in [0.4, 0.5) is 5.95 Å². The second-order valence-electron chi connectivity index (χ2n) is 6.76. The van der Waals surface area contributed by atoms with Gasteiger partial charge in [-0.2, -0.15) is 0 Å². The molecule has 0 radical (unpaired) electrons. The third-order valence-corrected chi connectivity index (χ3v) is 5.16. The molecule has 0 N–H and O–H groups in total. The molecule has 0 bridgehead atoms. The number of rotatable bonds is 4. The lowest BCUT2D eigenvalue weighted by atomic mass is 10.0. The van der Waals surface area contributed by atoms with Gasteiger partial charge in [-0.25, -0.2) is 9.97 Å². The topological polar surface area (TPSA) is 77.0 Å². The van der Waals surface area contributed by atoms with Crippen LogP contribution in [0.25, 0.3) is 0 Å². The van der Waals surface area contributed by atoms with Gasteiger partial charge in [-0.1, -0.05) is 6.07 Å². The van der Waals surface area contributed by atoms with Crippen molar-refractivity contribution in [3.63, 3.8) is 0 Å². The first-order valence-corrected chi connectivity index (χ1v) is 9.39. The molecule has 0 atom stereocenters. The molecule has 28 heavy (non-hydrogen) atoms. The minimum atomic E-state index is -0.119. The van der Waals surface area contributed by atoms with E-state index in [0.717, 1.165) is 30.8 Å². The average Bonchev–Trinajstić information content (AvgIpc) is 2.77. The van der Waals surface area contributed by atoms with Crippen molar-refractivity contribution in [2.45, 2.75) is 13.0 Å².